The Balaban J connectivity index is 1.50. The van der Waals surface area contributed by atoms with Crippen molar-refractivity contribution in [3.63, 3.8) is 0 Å². The van der Waals surface area contributed by atoms with Gasteiger partial charge in [-0.3, -0.25) is 20.0 Å². The Morgan fingerprint density at radius 3 is 2.38 bits per heavy atom. The van der Waals surface area contributed by atoms with Crippen molar-refractivity contribution in [2.75, 3.05) is 63.7 Å². The van der Waals surface area contributed by atoms with Gasteiger partial charge in [-0.25, -0.2) is 23.2 Å². The van der Waals surface area contributed by atoms with E-state index in [0.717, 1.165) is 24.3 Å². The van der Waals surface area contributed by atoms with Gasteiger partial charge < -0.3 is 19.7 Å². The van der Waals surface area contributed by atoms with E-state index in [4.69, 9.17) is 4.74 Å². The zero-order valence-corrected chi connectivity index (χ0v) is 27.7. The summed E-state index contributed by atoms with van der Waals surface area (Å²) in [7, 11) is -0.922. The number of H-pyrrole nitrogens is 1. The quantitative estimate of drug-likeness (QED) is 0.190. The number of aryl methyl sites for hydroxylation is 1. The smallest absolute Gasteiger partial charge is 0.358 e. The first-order valence-corrected chi connectivity index (χ1v) is 15.9. The van der Waals surface area contributed by atoms with Crippen LogP contribution < -0.4 is 15.0 Å². The molecule has 14 nitrogen and oxygen atoms in total. The summed E-state index contributed by atoms with van der Waals surface area (Å²) >= 11 is 0. The lowest BCUT2D eigenvalue weighted by Crippen LogP contribution is -2.47. The standard InChI is InChI=1S/C30H41N9O5S/c1-19-20(2)36-37-27(19)35-28(32-7)21-15-25(45(41,42)30(3,4)5)24(16-22(21)31-6)44-14-13-38-9-11-39(12-10-38)26-18-33-23(17-34-26)29(40)43-8/h15-18H,6,9-14H2,1-5,7-8H3,(H2,32,35,36,37). The van der Waals surface area contributed by atoms with E-state index in [1.165, 1.54) is 13.3 Å². The Kier molecular flexibility index (Phi) is 10.2. The number of nitrogens with one attached hydrogen (secondary N) is 2. The lowest BCUT2D eigenvalue weighted by Gasteiger charge is -2.35. The number of sulfone groups is 1. The van der Waals surface area contributed by atoms with E-state index in [1.807, 2.05) is 13.8 Å². The molecular weight excluding hydrogens is 598 g/mol. The number of methoxy groups -OCH3 is 1. The molecule has 0 atom stereocenters. The van der Waals surface area contributed by atoms with Crippen molar-refractivity contribution in [3.8, 4) is 5.75 Å². The maximum atomic E-state index is 13.8. The van der Waals surface area contributed by atoms with E-state index in [2.05, 4.69) is 56.7 Å². The van der Waals surface area contributed by atoms with Crippen molar-refractivity contribution in [2.24, 2.45) is 9.98 Å². The van der Waals surface area contributed by atoms with Crippen LogP contribution in [0.4, 0.5) is 17.3 Å². The molecule has 0 amide bonds. The number of hydrogen-bond acceptors (Lipinski definition) is 12. The van der Waals surface area contributed by atoms with Gasteiger partial charge in [-0.1, -0.05) is 0 Å². The second-order valence-electron chi connectivity index (χ2n) is 11.5. The third kappa shape index (κ3) is 7.31. The summed E-state index contributed by atoms with van der Waals surface area (Å²) in [5.41, 5.74) is 2.85. The SMILES string of the molecule is C=Nc1cc(OCCN2CCN(c3cnc(C(=O)OC)cn3)CC2)c(S(=O)(=O)C(C)(C)C)cc1C(=NC)Nc1n[nH]c(C)c1C. The molecule has 3 heterocycles. The molecule has 0 unspecified atom stereocenters. The molecule has 1 aliphatic heterocycles. The van der Waals surface area contributed by atoms with Gasteiger partial charge in [0.05, 0.1) is 29.9 Å². The Morgan fingerprint density at radius 1 is 1.13 bits per heavy atom. The van der Waals surface area contributed by atoms with Gasteiger partial charge in [-0.2, -0.15) is 5.10 Å². The molecule has 45 heavy (non-hydrogen) atoms. The topological polar surface area (TPSA) is 167 Å². The molecule has 2 N–H and O–H groups in total. The number of esters is 1. The molecule has 1 aliphatic rings. The molecule has 0 aliphatic carbocycles. The Bertz CT molecular complexity index is 1670. The minimum absolute atomic E-state index is 0.0501. The molecule has 2 aromatic heterocycles. The molecule has 0 bridgehead atoms. The summed E-state index contributed by atoms with van der Waals surface area (Å²) in [5, 5.41) is 10.4. The molecule has 1 fully saturated rings. The van der Waals surface area contributed by atoms with Crippen molar-refractivity contribution < 1.29 is 22.7 Å². The fourth-order valence-electron chi connectivity index (χ4n) is 4.66. The van der Waals surface area contributed by atoms with Crippen LogP contribution in [0.3, 0.4) is 0 Å². The average molecular weight is 640 g/mol. The van der Waals surface area contributed by atoms with E-state index in [9.17, 15) is 13.2 Å². The number of nitrogens with zero attached hydrogens (tertiary/aromatic N) is 7. The van der Waals surface area contributed by atoms with Gasteiger partial charge in [0.1, 0.15) is 28.9 Å². The first-order valence-electron chi connectivity index (χ1n) is 14.5. The second kappa shape index (κ2) is 13.7. The number of ether oxygens (including phenoxy) is 2. The van der Waals surface area contributed by atoms with Crippen molar-refractivity contribution in [2.45, 2.75) is 44.3 Å². The van der Waals surface area contributed by atoms with Crippen molar-refractivity contribution in [3.05, 3.63) is 47.0 Å². The summed E-state index contributed by atoms with van der Waals surface area (Å²) in [5.74, 6) is 1.33. The van der Waals surface area contributed by atoms with Gasteiger partial charge in [-0.05, 0) is 47.4 Å². The predicted octanol–water partition coefficient (Wildman–Crippen LogP) is 3.20. The lowest BCUT2D eigenvalue weighted by molar-refractivity contribution is 0.0593. The number of anilines is 2. The van der Waals surface area contributed by atoms with Gasteiger partial charge in [0.15, 0.2) is 21.3 Å². The minimum atomic E-state index is -3.83. The number of carbonyl (C=O) groups excluding carboxylic acids is 1. The van der Waals surface area contributed by atoms with Crippen LogP contribution in [-0.2, 0) is 14.6 Å². The van der Waals surface area contributed by atoms with Crippen LogP contribution >= 0.6 is 0 Å². The molecule has 242 valence electrons. The van der Waals surface area contributed by atoms with E-state index >= 15 is 0 Å². The molecular formula is C30H41N9O5S. The van der Waals surface area contributed by atoms with Crippen LogP contribution in [0.25, 0.3) is 0 Å². The van der Waals surface area contributed by atoms with Crippen molar-refractivity contribution >= 4 is 45.7 Å². The molecule has 4 rings (SSSR count). The van der Waals surface area contributed by atoms with Crippen molar-refractivity contribution in [1.29, 1.82) is 0 Å². The zero-order valence-electron chi connectivity index (χ0n) is 26.8. The summed E-state index contributed by atoms with van der Waals surface area (Å²) in [6.07, 6.45) is 2.98. The van der Waals surface area contributed by atoms with Gasteiger partial charge in [0, 0.05) is 62.7 Å². The molecule has 0 saturated carbocycles. The normalized spacial score (nSPS) is 14.7. The van der Waals surface area contributed by atoms with Gasteiger partial charge in [0.2, 0.25) is 0 Å². The van der Waals surface area contributed by atoms with Crippen LogP contribution in [0.2, 0.25) is 0 Å². The summed E-state index contributed by atoms with van der Waals surface area (Å²) in [6.45, 7) is 16.2. The highest BCUT2D eigenvalue weighted by atomic mass is 32.2. The third-order valence-electron chi connectivity index (χ3n) is 7.69. The number of aromatic amines is 1. The molecule has 1 saturated heterocycles. The molecule has 15 heteroatoms. The van der Waals surface area contributed by atoms with E-state index < -0.39 is 20.6 Å². The largest absolute Gasteiger partial charge is 0.491 e. The number of amidine groups is 1. The predicted molar refractivity (Wildman–Crippen MR) is 174 cm³/mol. The van der Waals surface area contributed by atoms with Crippen LogP contribution in [0.1, 0.15) is 48.1 Å². The first-order chi connectivity index (χ1) is 21.3. The number of carbonyl (C=O) groups is 1. The molecule has 3 aromatic rings. The Hall–Kier alpha value is -4.37. The number of rotatable bonds is 10. The monoisotopic (exact) mass is 639 g/mol. The highest BCUT2D eigenvalue weighted by Crippen LogP contribution is 2.37. The second-order valence-corrected chi connectivity index (χ2v) is 14.2. The van der Waals surface area contributed by atoms with E-state index in [-0.39, 0.29) is 22.9 Å². The van der Waals surface area contributed by atoms with Crippen LogP contribution in [0, 0.1) is 13.8 Å². The first kappa shape index (κ1) is 33.5. The lowest BCUT2D eigenvalue weighted by atomic mass is 10.1. The maximum Gasteiger partial charge on any atom is 0.358 e. The summed E-state index contributed by atoms with van der Waals surface area (Å²) in [6, 6.07) is 3.15. The zero-order chi connectivity index (χ0) is 32.9. The average Bonchev–Trinajstić information content (AvgIpc) is 3.35. The fourth-order valence-corrected chi connectivity index (χ4v) is 5.98. The number of piperazine rings is 1. The van der Waals surface area contributed by atoms with Crippen LogP contribution in [0.15, 0.2) is 39.4 Å². The number of aromatic nitrogens is 4. The number of benzene rings is 1. The number of aliphatic imine (C=N–C) groups is 2. The van der Waals surface area contributed by atoms with Crippen LogP contribution in [-0.4, -0.2) is 110 Å². The Morgan fingerprint density at radius 2 is 1.84 bits per heavy atom. The summed E-state index contributed by atoms with van der Waals surface area (Å²) < 4.78 is 37.4. The van der Waals surface area contributed by atoms with Gasteiger partial charge >= 0.3 is 5.97 Å². The highest BCUT2D eigenvalue weighted by molar-refractivity contribution is 7.92. The molecule has 0 radical (unpaired) electrons. The molecule has 1 aromatic carbocycles. The van der Waals surface area contributed by atoms with Gasteiger partial charge in [0.25, 0.3) is 0 Å². The summed E-state index contributed by atoms with van der Waals surface area (Å²) in [4.78, 5) is 33.1. The third-order valence-corrected chi connectivity index (χ3v) is 10.2. The van der Waals surface area contributed by atoms with E-state index in [1.54, 1.807) is 46.1 Å². The fraction of sp³-hybridized carbons (Fsp3) is 0.467. The Labute approximate surface area is 263 Å². The highest BCUT2D eigenvalue weighted by Gasteiger charge is 2.35. The molecule has 0 spiro atoms. The van der Waals surface area contributed by atoms with Crippen LogP contribution in [0.5, 0.6) is 5.75 Å². The number of hydrogen-bond donors (Lipinski definition) is 2. The van der Waals surface area contributed by atoms with E-state index in [0.29, 0.717) is 48.4 Å². The van der Waals surface area contributed by atoms with Gasteiger partial charge in [-0.15, -0.1) is 0 Å². The van der Waals surface area contributed by atoms with Crippen molar-refractivity contribution in [1.82, 2.24) is 25.1 Å². The minimum Gasteiger partial charge on any atom is -0.491 e. The maximum absolute atomic E-state index is 13.8.